The number of anilines is 1. The first-order valence-corrected chi connectivity index (χ1v) is 11.5. The van der Waals surface area contributed by atoms with E-state index in [1.54, 1.807) is 16.8 Å². The van der Waals surface area contributed by atoms with Gasteiger partial charge in [-0.15, -0.1) is 5.10 Å². The van der Waals surface area contributed by atoms with Gasteiger partial charge in [-0.3, -0.25) is 14.9 Å². The molecule has 0 fully saturated rings. The molecule has 0 bridgehead atoms. The van der Waals surface area contributed by atoms with Gasteiger partial charge in [-0.25, -0.2) is 4.68 Å². The van der Waals surface area contributed by atoms with Crippen molar-refractivity contribution in [2.45, 2.75) is 36.2 Å². The quantitative estimate of drug-likeness (QED) is 0.314. The Bertz CT molecular complexity index is 1250. The van der Waals surface area contributed by atoms with Gasteiger partial charge in [-0.1, -0.05) is 47.6 Å². The van der Waals surface area contributed by atoms with Crippen molar-refractivity contribution < 1.29 is 9.72 Å². The molecule has 5 rings (SSSR count). The zero-order valence-corrected chi connectivity index (χ0v) is 18.4. The van der Waals surface area contributed by atoms with Crippen LogP contribution in [0.25, 0.3) is 0 Å². The van der Waals surface area contributed by atoms with Crippen molar-refractivity contribution >= 4 is 40.8 Å². The fourth-order valence-corrected chi connectivity index (χ4v) is 4.95. The number of hydrogen-bond acceptors (Lipinski definition) is 7. The van der Waals surface area contributed by atoms with E-state index in [0.29, 0.717) is 39.4 Å². The van der Waals surface area contributed by atoms with Crippen LogP contribution in [0, 0.1) is 10.1 Å². The van der Waals surface area contributed by atoms with Crippen molar-refractivity contribution in [3.63, 3.8) is 0 Å². The standard InChI is InChI=1S/C22H18ClN5O3S/c23-15-9-7-13(8-10-15)12-32-22-25-21-24-17-5-2-6-18(29)19(17)20(27(21)26-22)14-3-1-4-16(11-14)28(30)31/h1,3-4,7-11,20H,2,5-6,12H2,(H,24,25,26). The van der Waals surface area contributed by atoms with Gasteiger partial charge >= 0.3 is 0 Å². The number of allylic oxidation sites excluding steroid dienone is 2. The number of ketones is 1. The van der Waals surface area contributed by atoms with Crippen LogP contribution in [0.15, 0.2) is 65.0 Å². The van der Waals surface area contributed by atoms with Crippen molar-refractivity contribution in [1.29, 1.82) is 0 Å². The van der Waals surface area contributed by atoms with Crippen LogP contribution in [0.5, 0.6) is 0 Å². The number of nitro groups is 1. The lowest BCUT2D eigenvalue weighted by molar-refractivity contribution is -0.384. The van der Waals surface area contributed by atoms with E-state index < -0.39 is 11.0 Å². The summed E-state index contributed by atoms with van der Waals surface area (Å²) in [6.07, 6.45) is 1.94. The van der Waals surface area contributed by atoms with Gasteiger partial charge in [0.1, 0.15) is 6.04 Å². The maximum atomic E-state index is 12.9. The molecule has 1 N–H and O–H groups in total. The summed E-state index contributed by atoms with van der Waals surface area (Å²) < 4.78 is 1.67. The molecule has 0 spiro atoms. The van der Waals surface area contributed by atoms with Gasteiger partial charge in [0.15, 0.2) is 5.78 Å². The minimum atomic E-state index is -0.550. The maximum Gasteiger partial charge on any atom is 0.269 e. The highest BCUT2D eigenvalue weighted by atomic mass is 35.5. The number of nitrogens with one attached hydrogen (secondary N) is 1. The summed E-state index contributed by atoms with van der Waals surface area (Å²) >= 11 is 7.43. The predicted molar refractivity (Wildman–Crippen MR) is 122 cm³/mol. The fraction of sp³-hybridized carbons (Fsp3) is 0.227. The summed E-state index contributed by atoms with van der Waals surface area (Å²) in [5.41, 5.74) is 3.15. The first-order valence-electron chi connectivity index (χ1n) is 10.1. The van der Waals surface area contributed by atoms with E-state index in [4.69, 9.17) is 11.6 Å². The highest BCUT2D eigenvalue weighted by Crippen LogP contribution is 2.41. The highest BCUT2D eigenvalue weighted by Gasteiger charge is 2.37. The number of hydrogen-bond donors (Lipinski definition) is 1. The second-order valence-electron chi connectivity index (χ2n) is 7.63. The first kappa shape index (κ1) is 20.7. The largest absolute Gasteiger partial charge is 0.328 e. The van der Waals surface area contributed by atoms with Crippen LogP contribution >= 0.6 is 23.4 Å². The lowest BCUT2D eigenvalue weighted by atomic mass is 9.85. The number of non-ortho nitro benzene ring substituents is 1. The molecular formula is C22H18ClN5O3S. The van der Waals surface area contributed by atoms with Gasteiger partial charge in [0.2, 0.25) is 11.1 Å². The third-order valence-corrected chi connectivity index (χ3v) is 6.69. The molecule has 3 aromatic rings. The lowest BCUT2D eigenvalue weighted by Gasteiger charge is -2.32. The third-order valence-electron chi connectivity index (χ3n) is 5.53. The number of thioether (sulfide) groups is 1. The Morgan fingerprint density at radius 3 is 2.81 bits per heavy atom. The number of fused-ring (bicyclic) bond motifs is 1. The summed E-state index contributed by atoms with van der Waals surface area (Å²) in [6.45, 7) is 0. The van der Waals surface area contributed by atoms with Gasteiger partial charge in [-0.05, 0) is 36.1 Å². The monoisotopic (exact) mass is 467 g/mol. The molecule has 32 heavy (non-hydrogen) atoms. The Labute approximate surface area is 192 Å². The van der Waals surface area contributed by atoms with Crippen molar-refractivity contribution in [2.75, 3.05) is 5.32 Å². The van der Waals surface area contributed by atoms with Crippen LogP contribution in [0.3, 0.4) is 0 Å². The number of halogens is 1. The van der Waals surface area contributed by atoms with E-state index in [9.17, 15) is 14.9 Å². The average molecular weight is 468 g/mol. The summed E-state index contributed by atoms with van der Waals surface area (Å²) in [7, 11) is 0. The number of nitrogens with zero attached hydrogens (tertiary/aromatic N) is 4. The summed E-state index contributed by atoms with van der Waals surface area (Å²) in [5.74, 6) is 1.23. The molecule has 162 valence electrons. The molecule has 0 saturated heterocycles. The minimum absolute atomic E-state index is 0.0227. The van der Waals surface area contributed by atoms with E-state index in [1.165, 1.54) is 23.9 Å². The van der Waals surface area contributed by atoms with Gasteiger partial charge in [-0.2, -0.15) is 4.98 Å². The molecule has 1 aliphatic heterocycles. The van der Waals surface area contributed by atoms with E-state index in [0.717, 1.165) is 24.1 Å². The topological polar surface area (TPSA) is 103 Å². The van der Waals surface area contributed by atoms with Crippen LogP contribution in [0.1, 0.15) is 36.4 Å². The third kappa shape index (κ3) is 3.89. The number of carbonyl (C=O) groups excluding carboxylic acids is 1. The molecule has 1 unspecified atom stereocenters. The molecule has 8 nitrogen and oxygen atoms in total. The second-order valence-corrected chi connectivity index (χ2v) is 9.01. The molecule has 1 aromatic heterocycles. The Morgan fingerprint density at radius 2 is 2.03 bits per heavy atom. The van der Waals surface area contributed by atoms with Gasteiger partial charge in [0.05, 0.1) is 4.92 Å². The van der Waals surface area contributed by atoms with Crippen LogP contribution in [-0.2, 0) is 10.5 Å². The molecule has 2 heterocycles. The van der Waals surface area contributed by atoms with E-state index in [-0.39, 0.29) is 11.5 Å². The van der Waals surface area contributed by atoms with E-state index in [2.05, 4.69) is 15.4 Å². The Morgan fingerprint density at radius 1 is 1.22 bits per heavy atom. The molecule has 2 aromatic carbocycles. The molecule has 0 radical (unpaired) electrons. The SMILES string of the molecule is O=C1CCCC2=C1C(c1cccc([N+](=O)[O-])c1)n1nc(SCc3ccc(Cl)cc3)nc1N2. The zero-order chi connectivity index (χ0) is 22.2. The van der Waals surface area contributed by atoms with Crippen molar-refractivity contribution in [1.82, 2.24) is 14.8 Å². The van der Waals surface area contributed by atoms with Gasteiger partial charge < -0.3 is 5.32 Å². The molecule has 0 saturated carbocycles. The Balaban J connectivity index is 1.52. The normalized spacial score (nSPS) is 17.5. The number of Topliss-reactive ketones (excluding diaryl/α,β-unsaturated/α-hetero) is 1. The molecule has 2 aliphatic rings. The van der Waals surface area contributed by atoms with Crippen LogP contribution in [-0.4, -0.2) is 25.5 Å². The number of rotatable bonds is 5. The molecule has 0 amide bonds. The number of nitro benzene ring substituents is 1. The van der Waals surface area contributed by atoms with Gasteiger partial charge in [0.25, 0.3) is 5.69 Å². The number of benzene rings is 2. The summed E-state index contributed by atoms with van der Waals surface area (Å²) in [6, 6.07) is 13.4. The summed E-state index contributed by atoms with van der Waals surface area (Å²) in [5, 5.41) is 20.5. The lowest BCUT2D eigenvalue weighted by Crippen LogP contribution is -2.31. The molecule has 1 atom stereocenters. The Kier molecular flexibility index (Phi) is 5.44. The van der Waals surface area contributed by atoms with Crippen molar-refractivity contribution in [3.05, 3.63) is 86.1 Å². The smallest absolute Gasteiger partial charge is 0.269 e. The van der Waals surface area contributed by atoms with Crippen LogP contribution < -0.4 is 5.32 Å². The Hall–Kier alpha value is -3.17. The number of carbonyl (C=O) groups is 1. The highest BCUT2D eigenvalue weighted by molar-refractivity contribution is 7.98. The average Bonchev–Trinajstić information content (AvgIpc) is 3.20. The summed E-state index contributed by atoms with van der Waals surface area (Å²) in [4.78, 5) is 28.4. The molecular weight excluding hydrogens is 450 g/mol. The van der Waals surface area contributed by atoms with E-state index >= 15 is 0 Å². The fourth-order valence-electron chi connectivity index (χ4n) is 4.04. The maximum absolute atomic E-state index is 12.9. The zero-order valence-electron chi connectivity index (χ0n) is 16.8. The van der Waals surface area contributed by atoms with E-state index in [1.807, 2.05) is 24.3 Å². The first-order chi connectivity index (χ1) is 15.5. The van der Waals surface area contributed by atoms with Crippen molar-refractivity contribution in [2.24, 2.45) is 0 Å². The molecule has 1 aliphatic carbocycles. The van der Waals surface area contributed by atoms with Crippen LogP contribution in [0.4, 0.5) is 11.6 Å². The molecule has 10 heteroatoms. The van der Waals surface area contributed by atoms with Gasteiger partial charge in [0, 0.05) is 40.6 Å². The second kappa shape index (κ2) is 8.40. The number of aromatic nitrogens is 3. The van der Waals surface area contributed by atoms with Crippen LogP contribution in [0.2, 0.25) is 5.02 Å². The van der Waals surface area contributed by atoms with Crippen molar-refractivity contribution in [3.8, 4) is 0 Å². The predicted octanol–water partition coefficient (Wildman–Crippen LogP) is 5.15. The minimum Gasteiger partial charge on any atom is -0.328 e.